The molecule has 0 spiro atoms. The van der Waals surface area contributed by atoms with Gasteiger partial charge in [-0.15, -0.1) is 0 Å². The van der Waals surface area contributed by atoms with Crippen molar-refractivity contribution in [1.82, 2.24) is 5.32 Å². The summed E-state index contributed by atoms with van der Waals surface area (Å²) in [4.78, 5) is 10.8. The summed E-state index contributed by atoms with van der Waals surface area (Å²) in [7, 11) is 0. The van der Waals surface area contributed by atoms with E-state index in [1.807, 2.05) is 43.3 Å². The van der Waals surface area contributed by atoms with E-state index in [0.717, 1.165) is 11.3 Å². The van der Waals surface area contributed by atoms with Crippen LogP contribution < -0.4 is 5.32 Å². The van der Waals surface area contributed by atoms with Gasteiger partial charge in [0.2, 0.25) is 0 Å². The van der Waals surface area contributed by atoms with Crippen LogP contribution in [-0.2, 0) is 0 Å². The Labute approximate surface area is 99.8 Å². The second kappa shape index (κ2) is 4.41. The number of hydrogen-bond acceptors (Lipinski definition) is 3. The molecule has 88 valence electrons. The third-order valence-corrected chi connectivity index (χ3v) is 2.84. The maximum Gasteiger partial charge on any atom is 0.276 e. The lowest BCUT2D eigenvalue weighted by Gasteiger charge is -2.20. The van der Waals surface area contributed by atoms with Gasteiger partial charge in [-0.25, -0.2) is 0 Å². The van der Waals surface area contributed by atoms with Crippen molar-refractivity contribution in [2.45, 2.75) is 19.8 Å². The van der Waals surface area contributed by atoms with Gasteiger partial charge in [0.1, 0.15) is 0 Å². The SMILES string of the molecule is CC1=CC(c2ccccc2)C([N+](=O)[O-])=C(C)N1. The Bertz CT molecular complexity index is 503. The molecule has 1 aromatic rings. The van der Waals surface area contributed by atoms with Crippen molar-refractivity contribution < 1.29 is 4.92 Å². The van der Waals surface area contributed by atoms with E-state index in [2.05, 4.69) is 5.32 Å². The summed E-state index contributed by atoms with van der Waals surface area (Å²) in [5, 5.41) is 14.1. The molecule has 1 aliphatic heterocycles. The molecule has 1 aliphatic rings. The third-order valence-electron chi connectivity index (χ3n) is 2.84. The first kappa shape index (κ1) is 11.4. The largest absolute Gasteiger partial charge is 0.358 e. The first-order valence-electron chi connectivity index (χ1n) is 5.45. The van der Waals surface area contributed by atoms with Gasteiger partial charge >= 0.3 is 0 Å². The number of nitrogens with zero attached hydrogens (tertiary/aromatic N) is 1. The molecule has 0 fully saturated rings. The van der Waals surface area contributed by atoms with Gasteiger partial charge in [0.05, 0.1) is 16.5 Å². The van der Waals surface area contributed by atoms with E-state index in [0.29, 0.717) is 5.70 Å². The first-order valence-corrected chi connectivity index (χ1v) is 5.45. The van der Waals surface area contributed by atoms with Crippen molar-refractivity contribution in [3.05, 3.63) is 69.2 Å². The highest BCUT2D eigenvalue weighted by Gasteiger charge is 2.30. The van der Waals surface area contributed by atoms with Crippen molar-refractivity contribution in [3.8, 4) is 0 Å². The minimum atomic E-state index is -0.303. The van der Waals surface area contributed by atoms with Crippen molar-refractivity contribution in [2.75, 3.05) is 0 Å². The smallest absolute Gasteiger partial charge is 0.276 e. The Morgan fingerprint density at radius 1 is 1.24 bits per heavy atom. The summed E-state index contributed by atoms with van der Waals surface area (Å²) in [5.74, 6) is -0.271. The van der Waals surface area contributed by atoms with Crippen LogP contribution in [0.3, 0.4) is 0 Å². The van der Waals surface area contributed by atoms with E-state index in [9.17, 15) is 10.1 Å². The number of nitrogens with one attached hydrogen (secondary N) is 1. The quantitative estimate of drug-likeness (QED) is 0.627. The highest BCUT2D eigenvalue weighted by Crippen LogP contribution is 2.31. The summed E-state index contributed by atoms with van der Waals surface area (Å²) >= 11 is 0. The van der Waals surface area contributed by atoms with Crippen molar-refractivity contribution in [2.24, 2.45) is 0 Å². The van der Waals surface area contributed by atoms with Crippen LogP contribution in [0.15, 0.2) is 53.5 Å². The molecular formula is C13H14N2O2. The molecular weight excluding hydrogens is 216 g/mol. The molecule has 0 saturated heterocycles. The zero-order chi connectivity index (χ0) is 12.4. The van der Waals surface area contributed by atoms with Crippen LogP contribution >= 0.6 is 0 Å². The molecule has 0 aliphatic carbocycles. The van der Waals surface area contributed by atoms with E-state index >= 15 is 0 Å². The molecule has 17 heavy (non-hydrogen) atoms. The lowest BCUT2D eigenvalue weighted by atomic mass is 9.91. The van der Waals surface area contributed by atoms with Crippen molar-refractivity contribution in [3.63, 3.8) is 0 Å². The monoisotopic (exact) mass is 230 g/mol. The van der Waals surface area contributed by atoms with Crippen LogP contribution in [0.1, 0.15) is 25.3 Å². The Kier molecular flexibility index (Phi) is 2.95. The maximum atomic E-state index is 11.1. The minimum Gasteiger partial charge on any atom is -0.358 e. The van der Waals surface area contributed by atoms with Crippen LogP contribution in [-0.4, -0.2) is 4.92 Å². The summed E-state index contributed by atoms with van der Waals surface area (Å²) in [5.41, 5.74) is 2.73. The molecule has 0 aromatic heterocycles. The lowest BCUT2D eigenvalue weighted by molar-refractivity contribution is -0.430. The molecule has 4 nitrogen and oxygen atoms in total. The average molecular weight is 230 g/mol. The van der Waals surface area contributed by atoms with E-state index < -0.39 is 0 Å². The first-order chi connectivity index (χ1) is 8.09. The molecule has 0 bridgehead atoms. The number of allylic oxidation sites excluding steroid dienone is 3. The number of rotatable bonds is 2. The number of hydrogen-bond donors (Lipinski definition) is 1. The van der Waals surface area contributed by atoms with Gasteiger partial charge in [-0.1, -0.05) is 30.3 Å². The fraction of sp³-hybridized carbons (Fsp3) is 0.231. The highest BCUT2D eigenvalue weighted by atomic mass is 16.6. The summed E-state index contributed by atoms with van der Waals surface area (Å²) < 4.78 is 0. The van der Waals surface area contributed by atoms with Gasteiger partial charge in [0.25, 0.3) is 5.70 Å². The third kappa shape index (κ3) is 2.20. The van der Waals surface area contributed by atoms with Crippen LogP contribution in [0.5, 0.6) is 0 Å². The molecule has 2 rings (SSSR count). The zero-order valence-electron chi connectivity index (χ0n) is 9.81. The number of nitro groups is 1. The van der Waals surface area contributed by atoms with Gasteiger partial charge in [-0.2, -0.15) is 0 Å². The summed E-state index contributed by atoms with van der Waals surface area (Å²) in [6.07, 6.45) is 1.89. The standard InChI is InChI=1S/C13H14N2O2/c1-9-8-12(11-6-4-3-5-7-11)13(15(16)17)10(2)14-9/h3-8,12,14H,1-2H3. The molecule has 1 aromatic carbocycles. The molecule has 1 atom stereocenters. The molecule has 0 amide bonds. The fourth-order valence-corrected chi connectivity index (χ4v) is 2.13. The predicted molar refractivity (Wildman–Crippen MR) is 65.8 cm³/mol. The molecule has 4 heteroatoms. The van der Waals surface area contributed by atoms with Gasteiger partial charge in [-0.05, 0) is 25.5 Å². The molecule has 1 unspecified atom stereocenters. The van der Waals surface area contributed by atoms with E-state index in [1.54, 1.807) is 6.92 Å². The van der Waals surface area contributed by atoms with Gasteiger partial charge in [-0.3, -0.25) is 10.1 Å². The average Bonchev–Trinajstić information content (AvgIpc) is 2.28. The van der Waals surface area contributed by atoms with Crippen LogP contribution in [0, 0.1) is 10.1 Å². The normalized spacial score (nSPS) is 19.6. The molecule has 0 saturated carbocycles. The Morgan fingerprint density at radius 3 is 2.47 bits per heavy atom. The fourth-order valence-electron chi connectivity index (χ4n) is 2.13. The van der Waals surface area contributed by atoms with Crippen molar-refractivity contribution >= 4 is 0 Å². The summed E-state index contributed by atoms with van der Waals surface area (Å²) in [6, 6.07) is 9.53. The van der Waals surface area contributed by atoms with E-state index in [1.165, 1.54) is 0 Å². The number of dihydropyridines is 1. The van der Waals surface area contributed by atoms with Crippen LogP contribution in [0.2, 0.25) is 0 Å². The van der Waals surface area contributed by atoms with Gasteiger partial charge < -0.3 is 5.32 Å². The maximum absolute atomic E-state index is 11.1. The molecule has 0 radical (unpaired) electrons. The van der Waals surface area contributed by atoms with Crippen LogP contribution in [0.25, 0.3) is 0 Å². The second-order valence-corrected chi connectivity index (χ2v) is 4.13. The van der Waals surface area contributed by atoms with Crippen molar-refractivity contribution in [1.29, 1.82) is 0 Å². The second-order valence-electron chi connectivity index (χ2n) is 4.13. The van der Waals surface area contributed by atoms with E-state index in [-0.39, 0.29) is 16.5 Å². The Hall–Kier alpha value is -2.10. The summed E-state index contributed by atoms with van der Waals surface area (Å²) in [6.45, 7) is 3.65. The lowest BCUT2D eigenvalue weighted by Crippen LogP contribution is -2.23. The predicted octanol–water partition coefficient (Wildman–Crippen LogP) is 2.79. The number of benzene rings is 1. The highest BCUT2D eigenvalue weighted by molar-refractivity contribution is 5.37. The molecule has 1 N–H and O–H groups in total. The topological polar surface area (TPSA) is 55.2 Å². The Morgan fingerprint density at radius 2 is 1.88 bits per heavy atom. The minimum absolute atomic E-state index is 0.224. The zero-order valence-corrected chi connectivity index (χ0v) is 9.81. The van der Waals surface area contributed by atoms with Crippen LogP contribution in [0.4, 0.5) is 0 Å². The van der Waals surface area contributed by atoms with Gasteiger partial charge in [0.15, 0.2) is 0 Å². The van der Waals surface area contributed by atoms with E-state index in [4.69, 9.17) is 0 Å². The Balaban J connectivity index is 2.49. The molecule has 1 heterocycles. The van der Waals surface area contributed by atoms with Gasteiger partial charge in [0, 0.05) is 5.70 Å².